The Morgan fingerprint density at radius 1 is 1.18 bits per heavy atom. The Morgan fingerprint density at radius 2 is 1.97 bits per heavy atom. The number of nitrogens with one attached hydrogen (secondary N) is 1. The number of imidazole rings is 1. The van der Waals surface area contributed by atoms with Crippen molar-refractivity contribution in [3.8, 4) is 11.3 Å². The monoisotopic (exact) mass is 528 g/mol. The topological polar surface area (TPSA) is 140 Å². The molecule has 12 heteroatoms. The predicted molar refractivity (Wildman–Crippen MR) is 151 cm³/mol. The van der Waals surface area contributed by atoms with Crippen molar-refractivity contribution in [3.63, 3.8) is 0 Å². The molecule has 0 aromatic carbocycles. The lowest BCUT2D eigenvalue weighted by Crippen LogP contribution is -2.39. The van der Waals surface area contributed by atoms with Crippen LogP contribution in [-0.4, -0.2) is 68.9 Å². The normalized spacial score (nSPS) is 13.9. The Balaban J connectivity index is 1.43. The molecule has 0 unspecified atom stereocenters. The fourth-order valence-electron chi connectivity index (χ4n) is 4.56. The van der Waals surface area contributed by atoms with Crippen LogP contribution in [-0.2, 0) is 11.3 Å². The number of allylic oxidation sites excluding steroid dienone is 1. The molecule has 1 amide bonds. The highest BCUT2D eigenvalue weighted by Crippen LogP contribution is 2.26. The SMILES string of the molecule is C=C(C)c1cnc2c(NCc3cccnc3-c3ccc(N(C)C)nc3)nc(N3CCC(OC(N)=O)CC3)nn12. The summed E-state index contributed by atoms with van der Waals surface area (Å²) in [6, 6.07) is 7.94. The third-order valence-electron chi connectivity index (χ3n) is 6.61. The van der Waals surface area contributed by atoms with Crippen molar-refractivity contribution in [2.75, 3.05) is 42.3 Å². The quantitative estimate of drug-likeness (QED) is 0.350. The Hall–Kier alpha value is -4.74. The van der Waals surface area contributed by atoms with E-state index >= 15 is 0 Å². The Bertz CT molecular complexity index is 1490. The number of pyridine rings is 2. The van der Waals surface area contributed by atoms with Gasteiger partial charge in [-0.2, -0.15) is 4.98 Å². The minimum atomic E-state index is -0.749. The van der Waals surface area contributed by atoms with Gasteiger partial charge >= 0.3 is 6.09 Å². The van der Waals surface area contributed by atoms with E-state index < -0.39 is 6.09 Å². The molecule has 4 aromatic rings. The highest BCUT2D eigenvalue weighted by Gasteiger charge is 2.25. The summed E-state index contributed by atoms with van der Waals surface area (Å²) in [7, 11) is 3.92. The van der Waals surface area contributed by atoms with Crippen molar-refractivity contribution in [1.29, 1.82) is 0 Å². The van der Waals surface area contributed by atoms with E-state index in [1.807, 2.05) is 56.4 Å². The van der Waals surface area contributed by atoms with E-state index in [0.717, 1.165) is 33.9 Å². The summed E-state index contributed by atoms with van der Waals surface area (Å²) in [4.78, 5) is 33.8. The maximum absolute atomic E-state index is 11.2. The van der Waals surface area contributed by atoms with Crippen LogP contribution >= 0.6 is 0 Å². The zero-order valence-corrected chi connectivity index (χ0v) is 22.3. The molecule has 1 saturated heterocycles. The lowest BCUT2D eigenvalue weighted by Gasteiger charge is -2.31. The number of rotatable bonds is 8. The molecule has 5 rings (SSSR count). The van der Waals surface area contributed by atoms with Gasteiger partial charge in [-0.15, -0.1) is 5.10 Å². The summed E-state index contributed by atoms with van der Waals surface area (Å²) in [6.07, 6.45) is 5.70. The van der Waals surface area contributed by atoms with E-state index in [9.17, 15) is 4.79 Å². The van der Waals surface area contributed by atoms with Gasteiger partial charge < -0.3 is 25.6 Å². The second-order valence-corrected chi connectivity index (χ2v) is 9.71. The number of amides is 1. The zero-order valence-electron chi connectivity index (χ0n) is 22.3. The number of primary amides is 1. The van der Waals surface area contributed by atoms with Gasteiger partial charge in [-0.1, -0.05) is 12.6 Å². The minimum absolute atomic E-state index is 0.204. The van der Waals surface area contributed by atoms with Crippen LogP contribution in [0.1, 0.15) is 31.0 Å². The molecule has 4 aromatic heterocycles. The van der Waals surface area contributed by atoms with Crippen LogP contribution in [0.15, 0.2) is 49.4 Å². The third-order valence-corrected chi connectivity index (χ3v) is 6.61. The van der Waals surface area contributed by atoms with Crippen molar-refractivity contribution in [1.82, 2.24) is 29.5 Å². The number of nitrogens with two attached hydrogens (primary N) is 1. The van der Waals surface area contributed by atoms with Crippen LogP contribution in [0.3, 0.4) is 0 Å². The molecule has 1 fully saturated rings. The zero-order chi connectivity index (χ0) is 27.5. The summed E-state index contributed by atoms with van der Waals surface area (Å²) in [6.45, 7) is 7.72. The number of carbonyl (C=O) groups is 1. The number of fused-ring (bicyclic) bond motifs is 1. The summed E-state index contributed by atoms with van der Waals surface area (Å²) in [5.74, 6) is 2.03. The number of carbonyl (C=O) groups excluding carboxylic acids is 1. The molecule has 0 saturated carbocycles. The standard InChI is InChI=1S/C27H32N10O2/c1-17(2)21-16-32-25-24(33-27(34-37(21)25)36-12-9-20(10-13-36)39-26(28)38)31-15-18-6-5-11-29-23(18)19-7-8-22(30-14-19)35(3)4/h5-8,11,14,16,20H,1,9-10,12-13,15H2,2-4H3,(H2,28,38)(H,31,33,34). The molecule has 0 radical (unpaired) electrons. The number of hydrogen-bond acceptors (Lipinski definition) is 10. The molecule has 0 bridgehead atoms. The first-order valence-electron chi connectivity index (χ1n) is 12.7. The minimum Gasteiger partial charge on any atom is -0.446 e. The molecular formula is C27H32N10O2. The van der Waals surface area contributed by atoms with Gasteiger partial charge in [0.2, 0.25) is 5.95 Å². The van der Waals surface area contributed by atoms with E-state index in [0.29, 0.717) is 49.9 Å². The van der Waals surface area contributed by atoms with Crippen molar-refractivity contribution in [2.24, 2.45) is 5.73 Å². The van der Waals surface area contributed by atoms with Gasteiger partial charge in [0.15, 0.2) is 11.5 Å². The van der Waals surface area contributed by atoms with Gasteiger partial charge in [0.1, 0.15) is 11.9 Å². The lowest BCUT2D eigenvalue weighted by molar-refractivity contribution is 0.0910. The molecule has 0 atom stereocenters. The van der Waals surface area contributed by atoms with Crippen LogP contribution in [0.2, 0.25) is 0 Å². The van der Waals surface area contributed by atoms with Crippen LogP contribution in [0, 0.1) is 0 Å². The molecule has 1 aliphatic rings. The first-order valence-corrected chi connectivity index (χ1v) is 12.7. The molecule has 202 valence electrons. The predicted octanol–water partition coefficient (Wildman–Crippen LogP) is 3.36. The summed E-state index contributed by atoms with van der Waals surface area (Å²) < 4.78 is 6.95. The Kier molecular flexibility index (Phi) is 7.26. The Morgan fingerprint density at radius 3 is 2.64 bits per heavy atom. The maximum atomic E-state index is 11.2. The number of ether oxygens (including phenoxy) is 1. The second kappa shape index (κ2) is 10.9. The van der Waals surface area contributed by atoms with Crippen LogP contribution in [0.25, 0.3) is 22.5 Å². The summed E-state index contributed by atoms with van der Waals surface area (Å²) >= 11 is 0. The highest BCUT2D eigenvalue weighted by atomic mass is 16.6. The first kappa shape index (κ1) is 25.9. The first-order chi connectivity index (χ1) is 18.8. The lowest BCUT2D eigenvalue weighted by atomic mass is 10.1. The molecule has 12 nitrogen and oxygen atoms in total. The van der Waals surface area contributed by atoms with Gasteiger partial charge in [-0.3, -0.25) is 4.98 Å². The molecule has 39 heavy (non-hydrogen) atoms. The van der Waals surface area contributed by atoms with Crippen LogP contribution < -0.4 is 20.9 Å². The maximum Gasteiger partial charge on any atom is 0.404 e. The van der Waals surface area contributed by atoms with E-state index in [2.05, 4.69) is 31.7 Å². The number of piperidine rings is 1. The molecule has 0 aliphatic carbocycles. The van der Waals surface area contributed by atoms with Crippen molar-refractivity contribution >= 4 is 34.9 Å². The fraction of sp³-hybridized carbons (Fsp3) is 0.333. The molecule has 5 heterocycles. The summed E-state index contributed by atoms with van der Waals surface area (Å²) in [5, 5.41) is 8.25. The van der Waals surface area contributed by atoms with Gasteiger partial charge in [-0.05, 0) is 36.3 Å². The summed E-state index contributed by atoms with van der Waals surface area (Å²) in [5.41, 5.74) is 10.2. The van der Waals surface area contributed by atoms with E-state index in [-0.39, 0.29) is 6.10 Å². The third kappa shape index (κ3) is 5.59. The highest BCUT2D eigenvalue weighted by molar-refractivity contribution is 5.70. The van der Waals surface area contributed by atoms with E-state index in [1.165, 1.54) is 0 Å². The van der Waals surface area contributed by atoms with Crippen molar-refractivity contribution in [2.45, 2.75) is 32.4 Å². The van der Waals surface area contributed by atoms with Crippen LogP contribution in [0.4, 0.5) is 22.4 Å². The molecule has 0 spiro atoms. The van der Waals surface area contributed by atoms with E-state index in [4.69, 9.17) is 20.6 Å². The van der Waals surface area contributed by atoms with Crippen molar-refractivity contribution in [3.05, 3.63) is 60.7 Å². The second-order valence-electron chi connectivity index (χ2n) is 9.71. The number of nitrogens with zero attached hydrogens (tertiary/aromatic N) is 8. The fourth-order valence-corrected chi connectivity index (χ4v) is 4.56. The number of anilines is 3. The van der Waals surface area contributed by atoms with Gasteiger partial charge in [-0.25, -0.2) is 19.3 Å². The number of hydrogen-bond donors (Lipinski definition) is 2. The number of aromatic nitrogens is 6. The Labute approximate surface area is 226 Å². The van der Waals surface area contributed by atoms with Gasteiger partial charge in [0.25, 0.3) is 0 Å². The van der Waals surface area contributed by atoms with Gasteiger partial charge in [0, 0.05) is 64.5 Å². The molecule has 1 aliphatic heterocycles. The largest absolute Gasteiger partial charge is 0.446 e. The molecular weight excluding hydrogens is 496 g/mol. The molecule has 3 N–H and O–H groups in total. The smallest absolute Gasteiger partial charge is 0.404 e. The van der Waals surface area contributed by atoms with Crippen molar-refractivity contribution < 1.29 is 9.53 Å². The average molecular weight is 529 g/mol. The van der Waals surface area contributed by atoms with Gasteiger partial charge in [0.05, 0.1) is 17.6 Å². The van der Waals surface area contributed by atoms with E-state index in [1.54, 1.807) is 16.9 Å². The average Bonchev–Trinajstić information content (AvgIpc) is 3.37. The van der Waals surface area contributed by atoms with Crippen LogP contribution in [0.5, 0.6) is 0 Å².